The van der Waals surface area contributed by atoms with Crippen molar-refractivity contribution in [2.45, 2.75) is 6.92 Å². The number of hydrogen-bond donors (Lipinski definition) is 1. The Labute approximate surface area is 218 Å². The van der Waals surface area contributed by atoms with Crippen LogP contribution < -0.4 is 15.0 Å². The third-order valence-corrected chi connectivity index (χ3v) is 7.08. The number of rotatable bonds is 6. The average molecular weight is 496 g/mol. The molecule has 1 saturated heterocycles. The monoisotopic (exact) mass is 495 g/mol. The Morgan fingerprint density at radius 1 is 0.892 bits per heavy atom. The summed E-state index contributed by atoms with van der Waals surface area (Å²) in [5, 5.41) is 7.32. The lowest BCUT2D eigenvalue weighted by atomic mass is 9.97. The molecule has 37 heavy (non-hydrogen) atoms. The van der Waals surface area contributed by atoms with Crippen molar-refractivity contribution >= 4 is 17.3 Å². The number of ether oxygens (including phenoxy) is 1. The number of methoxy groups -OCH3 is 1. The molecule has 4 aromatic rings. The normalized spacial score (nSPS) is 14.0. The second kappa shape index (κ2) is 10.5. The quantitative estimate of drug-likeness (QED) is 0.404. The summed E-state index contributed by atoms with van der Waals surface area (Å²) in [6.07, 6.45) is 1.80. The number of amides is 1. The first-order valence-electron chi connectivity index (χ1n) is 12.6. The first kappa shape index (κ1) is 24.6. The lowest BCUT2D eigenvalue weighted by Crippen LogP contribution is -2.44. The van der Waals surface area contributed by atoms with E-state index >= 15 is 0 Å². The summed E-state index contributed by atoms with van der Waals surface area (Å²) in [5.41, 5.74) is 7.86. The maximum Gasteiger partial charge on any atom is 0.255 e. The molecule has 1 aromatic heterocycles. The van der Waals surface area contributed by atoms with Gasteiger partial charge in [0.2, 0.25) is 0 Å². The molecule has 0 radical (unpaired) electrons. The molecule has 1 aliphatic heterocycles. The number of nitrogens with zero attached hydrogens (tertiary/aromatic N) is 4. The molecular weight excluding hydrogens is 462 g/mol. The lowest BCUT2D eigenvalue weighted by molar-refractivity contribution is 0.102. The van der Waals surface area contributed by atoms with E-state index in [4.69, 9.17) is 4.74 Å². The van der Waals surface area contributed by atoms with Gasteiger partial charge >= 0.3 is 0 Å². The highest BCUT2D eigenvalue weighted by molar-refractivity contribution is 6.05. The Kier molecular flexibility index (Phi) is 6.97. The van der Waals surface area contributed by atoms with Gasteiger partial charge in [-0.3, -0.25) is 9.48 Å². The third-order valence-electron chi connectivity index (χ3n) is 7.08. The fourth-order valence-corrected chi connectivity index (χ4v) is 4.87. The molecular formula is C30H33N5O2. The standard InChI is InChI=1S/C30H33N5O2/c1-21-19-24(9-11-26(21)22-5-7-23(8-6-22)27-13-14-31-34(27)3)30(36)32-25-10-12-29(37-4)28(20-25)35-17-15-33(2)16-18-35/h5-14,19-20H,15-18H2,1-4H3,(H,32,36). The second-order valence-electron chi connectivity index (χ2n) is 9.58. The highest BCUT2D eigenvalue weighted by atomic mass is 16.5. The molecule has 0 bridgehead atoms. The minimum absolute atomic E-state index is 0.129. The highest BCUT2D eigenvalue weighted by Crippen LogP contribution is 2.33. The summed E-state index contributed by atoms with van der Waals surface area (Å²) in [6.45, 7) is 5.89. The van der Waals surface area contributed by atoms with Crippen LogP contribution in [0.4, 0.5) is 11.4 Å². The summed E-state index contributed by atoms with van der Waals surface area (Å²) < 4.78 is 7.47. The fraction of sp³-hybridized carbons (Fsp3) is 0.267. The summed E-state index contributed by atoms with van der Waals surface area (Å²) >= 11 is 0. The van der Waals surface area contributed by atoms with Gasteiger partial charge in [0.25, 0.3) is 5.91 Å². The minimum Gasteiger partial charge on any atom is -0.495 e. The number of likely N-dealkylation sites (N-methyl/N-ethyl adjacent to an activating group) is 1. The van der Waals surface area contributed by atoms with Crippen LogP contribution in [0.5, 0.6) is 5.75 Å². The van der Waals surface area contributed by atoms with Gasteiger partial charge in [-0.15, -0.1) is 0 Å². The van der Waals surface area contributed by atoms with Crippen LogP contribution in [0.3, 0.4) is 0 Å². The lowest BCUT2D eigenvalue weighted by Gasteiger charge is -2.35. The average Bonchev–Trinajstić information content (AvgIpc) is 3.35. The number of aryl methyl sites for hydroxylation is 2. The van der Waals surface area contributed by atoms with Gasteiger partial charge < -0.3 is 19.9 Å². The van der Waals surface area contributed by atoms with Gasteiger partial charge in [-0.1, -0.05) is 30.3 Å². The van der Waals surface area contributed by atoms with Gasteiger partial charge in [0.1, 0.15) is 5.75 Å². The van der Waals surface area contributed by atoms with Crippen molar-refractivity contribution < 1.29 is 9.53 Å². The number of aromatic nitrogens is 2. The van der Waals surface area contributed by atoms with Gasteiger partial charge in [-0.05, 0) is 72.6 Å². The van der Waals surface area contributed by atoms with Crippen molar-refractivity contribution in [1.29, 1.82) is 0 Å². The second-order valence-corrected chi connectivity index (χ2v) is 9.58. The molecule has 0 aliphatic carbocycles. The molecule has 7 nitrogen and oxygen atoms in total. The first-order valence-corrected chi connectivity index (χ1v) is 12.6. The Balaban J connectivity index is 1.32. The van der Waals surface area contributed by atoms with Crippen molar-refractivity contribution in [3.8, 4) is 28.1 Å². The molecule has 1 amide bonds. The van der Waals surface area contributed by atoms with Gasteiger partial charge in [-0.2, -0.15) is 5.10 Å². The highest BCUT2D eigenvalue weighted by Gasteiger charge is 2.19. The molecule has 1 N–H and O–H groups in total. The predicted octanol–water partition coefficient (Wildman–Crippen LogP) is 5.08. The Hall–Kier alpha value is -4.10. The van der Waals surface area contributed by atoms with Crippen LogP contribution in [0.25, 0.3) is 22.4 Å². The first-order chi connectivity index (χ1) is 17.9. The molecule has 2 heterocycles. The van der Waals surface area contributed by atoms with E-state index in [0.717, 1.165) is 71.3 Å². The molecule has 3 aromatic carbocycles. The van der Waals surface area contributed by atoms with E-state index in [9.17, 15) is 4.79 Å². The zero-order valence-corrected chi connectivity index (χ0v) is 21.9. The number of carbonyl (C=O) groups is 1. The molecule has 7 heteroatoms. The molecule has 1 aliphatic rings. The van der Waals surface area contributed by atoms with Crippen LogP contribution in [0.1, 0.15) is 15.9 Å². The fourth-order valence-electron chi connectivity index (χ4n) is 4.87. The zero-order chi connectivity index (χ0) is 25.9. The Morgan fingerprint density at radius 2 is 1.62 bits per heavy atom. The molecule has 0 saturated carbocycles. The summed E-state index contributed by atoms with van der Waals surface area (Å²) in [4.78, 5) is 17.8. The van der Waals surface area contributed by atoms with Crippen LogP contribution in [0.2, 0.25) is 0 Å². The van der Waals surface area contributed by atoms with Crippen molar-refractivity contribution in [1.82, 2.24) is 14.7 Å². The van der Waals surface area contributed by atoms with E-state index in [1.807, 2.05) is 61.1 Å². The summed E-state index contributed by atoms with van der Waals surface area (Å²) in [7, 11) is 5.76. The zero-order valence-electron chi connectivity index (χ0n) is 21.9. The summed E-state index contributed by atoms with van der Waals surface area (Å²) in [6, 6.07) is 22.1. The Bertz CT molecular complexity index is 1400. The maximum absolute atomic E-state index is 13.1. The minimum atomic E-state index is -0.129. The van der Waals surface area contributed by atoms with Crippen molar-refractivity contribution in [3.05, 3.63) is 84.1 Å². The van der Waals surface area contributed by atoms with Crippen LogP contribution in [-0.4, -0.2) is 60.9 Å². The van der Waals surface area contributed by atoms with Crippen LogP contribution >= 0.6 is 0 Å². The van der Waals surface area contributed by atoms with Gasteiger partial charge in [0.15, 0.2) is 0 Å². The number of benzene rings is 3. The van der Waals surface area contributed by atoms with E-state index in [1.165, 1.54) is 0 Å². The largest absolute Gasteiger partial charge is 0.495 e. The molecule has 0 spiro atoms. The number of hydrogen-bond acceptors (Lipinski definition) is 5. The van der Waals surface area contributed by atoms with E-state index in [1.54, 1.807) is 13.3 Å². The van der Waals surface area contributed by atoms with E-state index in [2.05, 4.69) is 51.5 Å². The van der Waals surface area contributed by atoms with Crippen LogP contribution in [0.15, 0.2) is 72.9 Å². The predicted molar refractivity (Wildman–Crippen MR) is 149 cm³/mol. The van der Waals surface area contributed by atoms with E-state index in [-0.39, 0.29) is 5.91 Å². The summed E-state index contributed by atoms with van der Waals surface area (Å²) in [5.74, 6) is 0.688. The number of carbonyl (C=O) groups excluding carboxylic acids is 1. The molecule has 5 rings (SSSR count). The third kappa shape index (κ3) is 5.22. The number of anilines is 2. The van der Waals surface area contributed by atoms with Gasteiger partial charge in [0.05, 0.1) is 18.5 Å². The van der Waals surface area contributed by atoms with Crippen molar-refractivity contribution in [2.24, 2.45) is 7.05 Å². The smallest absolute Gasteiger partial charge is 0.255 e. The van der Waals surface area contributed by atoms with Gasteiger partial charge in [0, 0.05) is 50.7 Å². The molecule has 0 atom stereocenters. The molecule has 0 unspecified atom stereocenters. The maximum atomic E-state index is 13.1. The number of nitrogens with one attached hydrogen (secondary N) is 1. The van der Waals surface area contributed by atoms with Crippen LogP contribution in [0, 0.1) is 6.92 Å². The van der Waals surface area contributed by atoms with Crippen LogP contribution in [-0.2, 0) is 7.05 Å². The van der Waals surface area contributed by atoms with E-state index < -0.39 is 0 Å². The van der Waals surface area contributed by atoms with Gasteiger partial charge in [-0.25, -0.2) is 0 Å². The van der Waals surface area contributed by atoms with E-state index in [0.29, 0.717) is 5.56 Å². The topological polar surface area (TPSA) is 62.6 Å². The Morgan fingerprint density at radius 3 is 2.27 bits per heavy atom. The molecule has 190 valence electrons. The van der Waals surface area contributed by atoms with Crippen molar-refractivity contribution in [2.75, 3.05) is 50.6 Å². The molecule has 1 fully saturated rings. The van der Waals surface area contributed by atoms with Crippen molar-refractivity contribution in [3.63, 3.8) is 0 Å². The number of piperazine rings is 1. The SMILES string of the molecule is COc1ccc(NC(=O)c2ccc(-c3ccc(-c4ccnn4C)cc3)c(C)c2)cc1N1CCN(C)CC1.